The molecule has 0 radical (unpaired) electrons. The Morgan fingerprint density at radius 1 is 0.947 bits per heavy atom. The van der Waals surface area contributed by atoms with E-state index >= 15 is 0 Å². The minimum Gasteiger partial charge on any atom is -0.456 e. The maximum Gasteiger partial charge on any atom is 0.136 e. The Labute approximate surface area is 223 Å². The zero-order chi connectivity index (χ0) is 25.8. The van der Waals surface area contributed by atoms with Crippen LogP contribution in [0.1, 0.15) is 72.8 Å². The van der Waals surface area contributed by atoms with Crippen molar-refractivity contribution in [2.24, 2.45) is 0 Å². The van der Waals surface area contributed by atoms with Gasteiger partial charge in [0.05, 0.1) is 0 Å². The number of hydrogen-bond donors (Lipinski definition) is 1. The third kappa shape index (κ3) is 3.75. The lowest BCUT2D eigenvalue weighted by Gasteiger charge is -2.28. The molecule has 0 fully saturated rings. The highest BCUT2D eigenvalue weighted by Gasteiger charge is 2.31. The Morgan fingerprint density at radius 2 is 1.84 bits per heavy atom. The monoisotopic (exact) mass is 493 g/mol. The molecule has 2 nitrogen and oxygen atoms in total. The lowest BCUT2D eigenvalue weighted by Crippen LogP contribution is -2.09. The van der Waals surface area contributed by atoms with Crippen LogP contribution < -0.4 is 0 Å². The van der Waals surface area contributed by atoms with E-state index in [0.717, 1.165) is 36.0 Å². The predicted octanol–water partition coefficient (Wildman–Crippen LogP) is 9.99. The van der Waals surface area contributed by atoms with Crippen LogP contribution in [-0.2, 0) is 0 Å². The van der Waals surface area contributed by atoms with Gasteiger partial charge in [0.25, 0.3) is 0 Å². The largest absolute Gasteiger partial charge is 0.456 e. The van der Waals surface area contributed by atoms with Crippen molar-refractivity contribution >= 4 is 44.4 Å². The van der Waals surface area contributed by atoms with Crippen molar-refractivity contribution in [1.29, 1.82) is 5.41 Å². The smallest absolute Gasteiger partial charge is 0.136 e. The van der Waals surface area contributed by atoms with Gasteiger partial charge in [-0.1, -0.05) is 72.9 Å². The molecular formula is C36H31NO. The van der Waals surface area contributed by atoms with E-state index in [1.807, 2.05) is 13.0 Å². The van der Waals surface area contributed by atoms with Crippen LogP contribution in [0, 0.1) is 5.41 Å². The Hall–Kier alpha value is -4.17. The fourth-order valence-corrected chi connectivity index (χ4v) is 6.62. The average molecular weight is 494 g/mol. The SMILES string of the molecule is CC(=N)/C=C(\C)c1cccc(C2=CC=CC(c3cc4c5c(c3)oc3cccc(c35)C3=CC=CCC34)CC2)c1. The second-order valence-corrected chi connectivity index (χ2v) is 10.9. The summed E-state index contributed by atoms with van der Waals surface area (Å²) in [6.07, 6.45) is 18.7. The van der Waals surface area contributed by atoms with Crippen LogP contribution in [0.2, 0.25) is 0 Å². The summed E-state index contributed by atoms with van der Waals surface area (Å²) in [4.78, 5) is 0. The lowest BCUT2D eigenvalue weighted by atomic mass is 9.74. The molecule has 0 aliphatic heterocycles. The molecule has 4 aromatic rings. The van der Waals surface area contributed by atoms with Crippen molar-refractivity contribution < 1.29 is 4.42 Å². The quantitative estimate of drug-likeness (QED) is 0.282. The maximum absolute atomic E-state index is 7.81. The molecule has 1 heterocycles. The van der Waals surface area contributed by atoms with Crippen LogP contribution in [0.25, 0.3) is 38.7 Å². The highest BCUT2D eigenvalue weighted by molar-refractivity contribution is 6.15. The van der Waals surface area contributed by atoms with E-state index in [4.69, 9.17) is 9.83 Å². The highest BCUT2D eigenvalue weighted by Crippen LogP contribution is 2.51. The van der Waals surface area contributed by atoms with Crippen molar-refractivity contribution in [1.82, 2.24) is 0 Å². The van der Waals surface area contributed by atoms with Crippen LogP contribution in [0.15, 0.2) is 102 Å². The summed E-state index contributed by atoms with van der Waals surface area (Å²) in [5.74, 6) is 0.737. The first kappa shape index (κ1) is 23.0. The van der Waals surface area contributed by atoms with Gasteiger partial charge >= 0.3 is 0 Å². The molecule has 3 aromatic carbocycles. The van der Waals surface area contributed by atoms with Gasteiger partial charge in [0, 0.05) is 28.3 Å². The summed E-state index contributed by atoms with van der Waals surface area (Å²) in [7, 11) is 0. The van der Waals surface area contributed by atoms with Crippen molar-refractivity contribution in [2.45, 2.75) is 44.9 Å². The maximum atomic E-state index is 7.81. The summed E-state index contributed by atoms with van der Waals surface area (Å²) in [6.45, 7) is 3.91. The zero-order valence-corrected chi connectivity index (χ0v) is 21.9. The second kappa shape index (κ2) is 8.99. The summed E-state index contributed by atoms with van der Waals surface area (Å²) in [5.41, 5.74) is 13.1. The molecule has 3 aliphatic rings. The third-order valence-electron chi connectivity index (χ3n) is 8.41. The van der Waals surface area contributed by atoms with E-state index in [9.17, 15) is 0 Å². The number of hydrogen-bond acceptors (Lipinski definition) is 2. The summed E-state index contributed by atoms with van der Waals surface area (Å²) < 4.78 is 6.47. The van der Waals surface area contributed by atoms with E-state index in [1.165, 1.54) is 49.7 Å². The van der Waals surface area contributed by atoms with Crippen molar-refractivity contribution in [3.8, 4) is 0 Å². The van der Waals surface area contributed by atoms with Crippen LogP contribution in [0.4, 0.5) is 0 Å². The van der Waals surface area contributed by atoms with E-state index < -0.39 is 0 Å². The standard InChI is InChI=1S/C36H31NO/c1-22(18-23(2)37)26-10-6-11-27(19-26)24-8-5-9-25(17-16-24)28-20-32-30-13-4-3-12-29(30)31-14-7-15-33-35(31)36(32)34(21-28)38-33/h3-12,14-15,18-21,25,30,37H,13,16-17H2,1-2H3/b22-18+,37-23?. The Bertz CT molecular complexity index is 1780. The topological polar surface area (TPSA) is 37.0 Å². The molecule has 2 heteroatoms. The van der Waals surface area contributed by atoms with Gasteiger partial charge in [-0.2, -0.15) is 0 Å². The van der Waals surface area contributed by atoms with Gasteiger partial charge < -0.3 is 9.83 Å². The first-order valence-electron chi connectivity index (χ1n) is 13.6. The fourth-order valence-electron chi connectivity index (χ4n) is 6.62. The fraction of sp³-hybridized carbons (Fsp3) is 0.194. The first-order chi connectivity index (χ1) is 18.6. The number of rotatable bonds is 4. The molecule has 0 amide bonds. The molecule has 0 saturated heterocycles. The molecular weight excluding hydrogens is 462 g/mol. The lowest BCUT2D eigenvalue weighted by molar-refractivity contribution is 0.666. The first-order valence-corrected chi connectivity index (χ1v) is 13.6. The predicted molar refractivity (Wildman–Crippen MR) is 161 cm³/mol. The third-order valence-corrected chi connectivity index (χ3v) is 8.41. The molecule has 38 heavy (non-hydrogen) atoms. The van der Waals surface area contributed by atoms with Crippen molar-refractivity contribution in [2.75, 3.05) is 0 Å². The number of furan rings is 1. The Kier molecular flexibility index (Phi) is 5.44. The normalized spacial score (nSPS) is 20.4. The molecule has 186 valence electrons. The van der Waals surface area contributed by atoms with E-state index in [1.54, 1.807) is 0 Å². The number of nitrogens with one attached hydrogen (secondary N) is 1. The van der Waals surface area contributed by atoms with Crippen molar-refractivity contribution in [3.05, 3.63) is 125 Å². The minimum absolute atomic E-state index is 0.343. The molecule has 1 aromatic heterocycles. The molecule has 1 N–H and O–H groups in total. The van der Waals surface area contributed by atoms with Gasteiger partial charge in [0.2, 0.25) is 0 Å². The Balaban J connectivity index is 1.23. The van der Waals surface area contributed by atoms with Gasteiger partial charge in [0.15, 0.2) is 0 Å². The van der Waals surface area contributed by atoms with Gasteiger partial charge in [-0.25, -0.2) is 0 Å². The Morgan fingerprint density at radius 3 is 2.74 bits per heavy atom. The van der Waals surface area contributed by atoms with Crippen LogP contribution in [0.5, 0.6) is 0 Å². The molecule has 3 aliphatic carbocycles. The number of benzene rings is 3. The molecule has 2 atom stereocenters. The van der Waals surface area contributed by atoms with Gasteiger partial charge in [-0.15, -0.1) is 0 Å². The van der Waals surface area contributed by atoms with Gasteiger partial charge in [-0.3, -0.25) is 0 Å². The average Bonchev–Trinajstić information content (AvgIpc) is 3.13. The minimum atomic E-state index is 0.343. The van der Waals surface area contributed by atoms with E-state index in [2.05, 4.69) is 98.0 Å². The molecule has 0 saturated carbocycles. The summed E-state index contributed by atoms with van der Waals surface area (Å²) >= 11 is 0. The molecule has 0 spiro atoms. The summed E-state index contributed by atoms with van der Waals surface area (Å²) in [6, 6.07) is 20.0. The molecule has 7 rings (SSSR count). The molecule has 0 bridgehead atoms. The van der Waals surface area contributed by atoms with E-state index in [0.29, 0.717) is 17.5 Å². The number of allylic oxidation sites excluding steroid dienone is 10. The van der Waals surface area contributed by atoms with Crippen LogP contribution >= 0.6 is 0 Å². The highest BCUT2D eigenvalue weighted by atomic mass is 16.3. The summed E-state index contributed by atoms with van der Waals surface area (Å²) in [5, 5.41) is 10.4. The van der Waals surface area contributed by atoms with Gasteiger partial charge in [0.1, 0.15) is 11.2 Å². The van der Waals surface area contributed by atoms with Crippen LogP contribution in [0.3, 0.4) is 0 Å². The second-order valence-electron chi connectivity index (χ2n) is 10.9. The van der Waals surface area contributed by atoms with Crippen molar-refractivity contribution in [3.63, 3.8) is 0 Å². The van der Waals surface area contributed by atoms with Gasteiger partial charge in [-0.05, 0) is 102 Å². The van der Waals surface area contributed by atoms with Crippen LogP contribution in [-0.4, -0.2) is 5.71 Å². The number of fused-ring (bicyclic) bond motifs is 3. The molecule has 2 unspecified atom stereocenters. The van der Waals surface area contributed by atoms with E-state index in [-0.39, 0.29) is 0 Å². The zero-order valence-electron chi connectivity index (χ0n) is 21.9.